The normalized spacial score (nSPS) is 25.7. The molecule has 4 atom stereocenters. The molecule has 2 aromatic heterocycles. The van der Waals surface area contributed by atoms with Gasteiger partial charge in [-0.25, -0.2) is 18.1 Å². The van der Waals surface area contributed by atoms with Gasteiger partial charge in [0.05, 0.1) is 42.9 Å². The van der Waals surface area contributed by atoms with Crippen molar-refractivity contribution in [2.45, 2.75) is 45.1 Å². The SMILES string of the molecule is Cc1cnc(Nc2cnn(C)c2)nc1N[C@@H]1COC2C1OC[C@H]2NS(=O)(=O)CC(C)C. The smallest absolute Gasteiger partial charge is 0.229 e. The van der Waals surface area contributed by atoms with Crippen LogP contribution in [0.4, 0.5) is 17.5 Å². The van der Waals surface area contributed by atoms with Crippen LogP contribution >= 0.6 is 0 Å². The van der Waals surface area contributed by atoms with E-state index in [1.54, 1.807) is 17.1 Å². The summed E-state index contributed by atoms with van der Waals surface area (Å²) in [6.07, 6.45) is 4.65. The van der Waals surface area contributed by atoms with Crippen LogP contribution in [-0.4, -0.2) is 71.4 Å². The lowest BCUT2D eigenvalue weighted by Gasteiger charge is -2.20. The highest BCUT2D eigenvalue weighted by atomic mass is 32.2. The molecule has 0 aromatic carbocycles. The Kier molecular flexibility index (Phi) is 6.15. The zero-order valence-corrected chi connectivity index (χ0v) is 18.9. The van der Waals surface area contributed by atoms with Gasteiger partial charge in [0, 0.05) is 25.0 Å². The molecule has 2 unspecified atom stereocenters. The molecule has 4 heterocycles. The molecule has 31 heavy (non-hydrogen) atoms. The van der Waals surface area contributed by atoms with Gasteiger partial charge in [0.2, 0.25) is 16.0 Å². The van der Waals surface area contributed by atoms with Gasteiger partial charge in [-0.3, -0.25) is 4.68 Å². The number of fused-ring (bicyclic) bond motifs is 1. The van der Waals surface area contributed by atoms with Crippen LogP contribution in [0.1, 0.15) is 19.4 Å². The van der Waals surface area contributed by atoms with E-state index in [1.165, 1.54) is 0 Å². The van der Waals surface area contributed by atoms with Crippen molar-refractivity contribution in [2.75, 3.05) is 29.6 Å². The van der Waals surface area contributed by atoms with Crippen molar-refractivity contribution in [1.82, 2.24) is 24.5 Å². The summed E-state index contributed by atoms with van der Waals surface area (Å²) in [7, 11) is -1.55. The molecule has 0 spiro atoms. The van der Waals surface area contributed by atoms with Crippen LogP contribution in [0.3, 0.4) is 0 Å². The minimum atomic E-state index is -3.39. The second-order valence-corrected chi connectivity index (χ2v) is 10.3. The lowest BCUT2D eigenvalue weighted by atomic mass is 10.1. The molecule has 170 valence electrons. The average Bonchev–Trinajstić information content (AvgIpc) is 3.36. The minimum Gasteiger partial charge on any atom is -0.371 e. The van der Waals surface area contributed by atoms with Gasteiger partial charge in [-0.05, 0) is 12.8 Å². The van der Waals surface area contributed by atoms with Crippen molar-refractivity contribution in [3.8, 4) is 0 Å². The van der Waals surface area contributed by atoms with Crippen LogP contribution in [0, 0.1) is 12.8 Å². The molecule has 0 bridgehead atoms. The topological polar surface area (TPSA) is 132 Å². The molecule has 2 fully saturated rings. The number of nitrogens with zero attached hydrogens (tertiary/aromatic N) is 4. The van der Waals surface area contributed by atoms with E-state index in [9.17, 15) is 8.42 Å². The van der Waals surface area contributed by atoms with Crippen molar-refractivity contribution in [3.05, 3.63) is 24.2 Å². The third-order valence-electron chi connectivity index (χ3n) is 5.19. The highest BCUT2D eigenvalue weighted by Crippen LogP contribution is 2.30. The lowest BCUT2D eigenvalue weighted by Crippen LogP contribution is -2.45. The van der Waals surface area contributed by atoms with Crippen LogP contribution in [0.15, 0.2) is 18.6 Å². The van der Waals surface area contributed by atoms with Gasteiger partial charge in [0.25, 0.3) is 0 Å². The Morgan fingerprint density at radius 1 is 1.19 bits per heavy atom. The molecule has 0 aliphatic carbocycles. The molecule has 2 aliphatic rings. The zero-order chi connectivity index (χ0) is 22.2. The van der Waals surface area contributed by atoms with Crippen LogP contribution in [0.5, 0.6) is 0 Å². The fourth-order valence-corrected chi connectivity index (χ4v) is 5.52. The van der Waals surface area contributed by atoms with E-state index in [2.05, 4.69) is 30.4 Å². The minimum absolute atomic E-state index is 0.0461. The number of aromatic nitrogens is 4. The van der Waals surface area contributed by atoms with Crippen LogP contribution < -0.4 is 15.4 Å². The summed E-state index contributed by atoms with van der Waals surface area (Å²) in [6, 6.07) is -0.542. The maximum atomic E-state index is 12.3. The monoisotopic (exact) mass is 451 g/mol. The van der Waals surface area contributed by atoms with E-state index in [4.69, 9.17) is 9.47 Å². The second-order valence-electron chi connectivity index (χ2n) is 8.50. The Labute approximate surface area is 182 Å². The summed E-state index contributed by atoms with van der Waals surface area (Å²) in [5.74, 6) is 1.24. The molecular weight excluding hydrogens is 422 g/mol. The predicted molar refractivity (Wildman–Crippen MR) is 116 cm³/mol. The Morgan fingerprint density at radius 3 is 2.58 bits per heavy atom. The number of nitrogens with one attached hydrogen (secondary N) is 3. The third-order valence-corrected chi connectivity index (χ3v) is 6.96. The van der Waals surface area contributed by atoms with Crippen molar-refractivity contribution < 1.29 is 17.9 Å². The molecule has 2 aromatic rings. The van der Waals surface area contributed by atoms with Crippen LogP contribution in [0.25, 0.3) is 0 Å². The van der Waals surface area contributed by atoms with Crippen LogP contribution in [-0.2, 0) is 26.5 Å². The first-order valence-corrected chi connectivity index (χ1v) is 11.9. The zero-order valence-electron chi connectivity index (χ0n) is 18.1. The van der Waals surface area contributed by atoms with E-state index < -0.39 is 16.1 Å². The molecule has 2 aliphatic heterocycles. The molecule has 11 nitrogen and oxygen atoms in total. The maximum Gasteiger partial charge on any atom is 0.229 e. The number of sulfonamides is 1. The van der Waals surface area contributed by atoms with Crippen molar-refractivity contribution >= 4 is 27.5 Å². The number of hydrogen-bond acceptors (Lipinski definition) is 9. The Hall–Kier alpha value is -2.28. The van der Waals surface area contributed by atoms with Gasteiger partial charge in [0.15, 0.2) is 0 Å². The largest absolute Gasteiger partial charge is 0.371 e. The standard InChI is InChI=1S/C19H29N7O4S/c1-11(2)10-31(27,28)25-15-9-30-16-14(8-29-17(15)16)23-18-12(3)5-20-19(24-18)22-13-6-21-26(4)7-13/h5-7,11,14-17,25H,8-10H2,1-4H3,(H2,20,22,23,24)/t14-,15-,16?,17?/m1/s1. The number of aryl methyl sites for hydroxylation is 2. The van der Waals surface area contributed by atoms with Crippen molar-refractivity contribution in [1.29, 1.82) is 0 Å². The maximum absolute atomic E-state index is 12.3. The highest BCUT2D eigenvalue weighted by molar-refractivity contribution is 7.89. The molecule has 0 amide bonds. The average molecular weight is 452 g/mol. The fourth-order valence-electron chi connectivity index (χ4n) is 3.88. The van der Waals surface area contributed by atoms with E-state index in [1.807, 2.05) is 34.0 Å². The first-order chi connectivity index (χ1) is 14.7. The second kappa shape index (κ2) is 8.69. The predicted octanol–water partition coefficient (Wildman–Crippen LogP) is 0.784. The summed E-state index contributed by atoms with van der Waals surface area (Å²) >= 11 is 0. The quantitative estimate of drug-likeness (QED) is 0.533. The third kappa shape index (κ3) is 5.14. The molecule has 12 heteroatoms. The highest BCUT2D eigenvalue weighted by Gasteiger charge is 2.49. The van der Waals surface area contributed by atoms with E-state index in [0.717, 1.165) is 11.3 Å². The van der Waals surface area contributed by atoms with Crippen molar-refractivity contribution in [3.63, 3.8) is 0 Å². The van der Waals surface area contributed by atoms with Gasteiger partial charge in [-0.15, -0.1) is 0 Å². The summed E-state index contributed by atoms with van der Waals surface area (Å²) < 4.78 is 40.9. The van der Waals surface area contributed by atoms with Gasteiger partial charge in [-0.1, -0.05) is 13.8 Å². The summed E-state index contributed by atoms with van der Waals surface area (Å²) in [6.45, 7) is 6.34. The first-order valence-electron chi connectivity index (χ1n) is 10.3. The van der Waals surface area contributed by atoms with Crippen molar-refractivity contribution in [2.24, 2.45) is 13.0 Å². The molecular formula is C19H29N7O4S. The molecule has 0 saturated carbocycles. The Balaban J connectivity index is 1.41. The Bertz CT molecular complexity index is 1030. The molecule has 0 radical (unpaired) electrons. The summed E-state index contributed by atoms with van der Waals surface area (Å²) in [4.78, 5) is 8.89. The lowest BCUT2D eigenvalue weighted by molar-refractivity contribution is 0.0690. The number of rotatable bonds is 8. The number of ether oxygens (including phenoxy) is 2. The summed E-state index contributed by atoms with van der Waals surface area (Å²) in [5, 5.41) is 10.6. The van der Waals surface area contributed by atoms with Gasteiger partial charge < -0.3 is 20.1 Å². The number of anilines is 3. The van der Waals surface area contributed by atoms with Gasteiger partial charge in [0.1, 0.15) is 18.0 Å². The van der Waals surface area contributed by atoms with E-state index in [-0.39, 0.29) is 36.5 Å². The van der Waals surface area contributed by atoms with Crippen LogP contribution in [0.2, 0.25) is 0 Å². The molecule has 2 saturated heterocycles. The fraction of sp³-hybridized carbons (Fsp3) is 0.632. The number of hydrogen-bond donors (Lipinski definition) is 3. The van der Waals surface area contributed by atoms with Gasteiger partial charge in [-0.2, -0.15) is 10.1 Å². The van der Waals surface area contributed by atoms with E-state index in [0.29, 0.717) is 18.4 Å². The first kappa shape index (κ1) is 21.9. The van der Waals surface area contributed by atoms with Gasteiger partial charge >= 0.3 is 0 Å². The summed E-state index contributed by atoms with van der Waals surface area (Å²) in [5.41, 5.74) is 1.67. The van der Waals surface area contributed by atoms with E-state index >= 15 is 0 Å². The molecule has 4 rings (SSSR count). The Morgan fingerprint density at radius 2 is 1.90 bits per heavy atom. The molecule has 3 N–H and O–H groups in total.